The van der Waals surface area contributed by atoms with E-state index in [4.69, 9.17) is 20.6 Å². The SMILES string of the molecule is CC(=O)N1CCC(COc2ncc(-c3cccc(COC(=O)CC(=N)N)c3F)cn2)CC1. The largest absolute Gasteiger partial charge is 0.463 e. The lowest BCUT2D eigenvalue weighted by Crippen LogP contribution is -2.38. The number of hydrogen-bond acceptors (Lipinski definition) is 7. The third kappa shape index (κ3) is 6.22. The Morgan fingerprint density at radius 2 is 1.94 bits per heavy atom. The van der Waals surface area contributed by atoms with E-state index in [2.05, 4.69) is 9.97 Å². The Balaban J connectivity index is 1.57. The second-order valence-corrected chi connectivity index (χ2v) is 7.66. The van der Waals surface area contributed by atoms with Crippen molar-refractivity contribution in [3.8, 4) is 17.1 Å². The van der Waals surface area contributed by atoms with E-state index >= 15 is 0 Å². The summed E-state index contributed by atoms with van der Waals surface area (Å²) in [5.74, 6) is -1.13. The molecule has 1 aromatic heterocycles. The molecular formula is C22H26FN5O4. The lowest BCUT2D eigenvalue weighted by molar-refractivity contribution is -0.143. The van der Waals surface area contributed by atoms with Crippen LogP contribution in [0.25, 0.3) is 11.1 Å². The summed E-state index contributed by atoms with van der Waals surface area (Å²) in [7, 11) is 0. The lowest BCUT2D eigenvalue weighted by Gasteiger charge is -2.30. The van der Waals surface area contributed by atoms with E-state index in [9.17, 15) is 14.0 Å². The predicted octanol–water partition coefficient (Wildman–Crippen LogP) is 2.29. The smallest absolute Gasteiger partial charge is 0.316 e. The van der Waals surface area contributed by atoms with Crippen molar-refractivity contribution in [3.05, 3.63) is 42.0 Å². The fourth-order valence-corrected chi connectivity index (χ4v) is 3.42. The second-order valence-electron chi connectivity index (χ2n) is 7.66. The van der Waals surface area contributed by atoms with Crippen molar-refractivity contribution < 1.29 is 23.5 Å². The number of piperidine rings is 1. The molecule has 2 heterocycles. The summed E-state index contributed by atoms with van der Waals surface area (Å²) in [5, 5.41) is 7.09. The first-order chi connectivity index (χ1) is 15.3. The molecule has 1 saturated heterocycles. The predicted molar refractivity (Wildman–Crippen MR) is 114 cm³/mol. The van der Waals surface area contributed by atoms with E-state index in [1.807, 2.05) is 4.90 Å². The number of amides is 1. The molecule has 0 saturated carbocycles. The number of carbonyl (C=O) groups excluding carboxylic acids is 2. The maximum Gasteiger partial charge on any atom is 0.316 e. The number of carbonyl (C=O) groups is 2. The van der Waals surface area contributed by atoms with Crippen LogP contribution in [0.4, 0.5) is 4.39 Å². The zero-order valence-electron chi connectivity index (χ0n) is 17.8. The summed E-state index contributed by atoms with van der Waals surface area (Å²) < 4.78 is 25.5. The summed E-state index contributed by atoms with van der Waals surface area (Å²) in [4.78, 5) is 33.1. The van der Waals surface area contributed by atoms with Gasteiger partial charge in [0, 0.05) is 49.1 Å². The van der Waals surface area contributed by atoms with E-state index in [0.29, 0.717) is 18.1 Å². The molecule has 3 N–H and O–H groups in total. The highest BCUT2D eigenvalue weighted by Crippen LogP contribution is 2.25. The van der Waals surface area contributed by atoms with Gasteiger partial charge in [0.1, 0.15) is 24.7 Å². The monoisotopic (exact) mass is 443 g/mol. The zero-order valence-corrected chi connectivity index (χ0v) is 17.8. The van der Waals surface area contributed by atoms with Gasteiger partial charge in [-0.3, -0.25) is 15.0 Å². The van der Waals surface area contributed by atoms with Crippen molar-refractivity contribution in [1.82, 2.24) is 14.9 Å². The van der Waals surface area contributed by atoms with Crippen molar-refractivity contribution in [2.24, 2.45) is 11.7 Å². The standard InChI is InChI=1S/C22H26FN5O4/c1-14(29)28-7-5-15(6-8-28)12-32-22-26-10-17(11-27-22)18-4-2-3-16(21(18)23)13-31-20(30)9-19(24)25/h2-4,10-11,15H,5-9,12-13H2,1H3,(H3,24,25). The van der Waals surface area contributed by atoms with Crippen LogP contribution in [0.3, 0.4) is 0 Å². The third-order valence-electron chi connectivity index (χ3n) is 5.25. The molecule has 0 radical (unpaired) electrons. The molecule has 0 bridgehead atoms. The number of hydrogen-bond donors (Lipinski definition) is 2. The number of benzene rings is 1. The summed E-state index contributed by atoms with van der Waals surface area (Å²) in [6, 6.07) is 4.94. The molecule has 0 aliphatic carbocycles. The number of ether oxygens (including phenoxy) is 2. The number of rotatable bonds is 8. The van der Waals surface area contributed by atoms with Crippen LogP contribution in [-0.4, -0.2) is 52.3 Å². The maximum atomic E-state index is 14.9. The molecule has 3 rings (SSSR count). The lowest BCUT2D eigenvalue weighted by atomic mass is 9.98. The number of likely N-dealkylation sites (tertiary alicyclic amines) is 1. The van der Waals surface area contributed by atoms with Crippen molar-refractivity contribution in [2.75, 3.05) is 19.7 Å². The van der Waals surface area contributed by atoms with E-state index in [-0.39, 0.29) is 41.9 Å². The van der Waals surface area contributed by atoms with Gasteiger partial charge in [-0.25, -0.2) is 14.4 Å². The molecule has 0 unspecified atom stereocenters. The minimum atomic E-state index is -0.695. The number of nitrogens with zero attached hydrogens (tertiary/aromatic N) is 3. The quantitative estimate of drug-likeness (QED) is 0.363. The van der Waals surface area contributed by atoms with Gasteiger partial charge in [-0.15, -0.1) is 0 Å². The highest BCUT2D eigenvalue weighted by molar-refractivity contribution is 5.94. The Kier molecular flexibility index (Phi) is 7.69. The molecule has 2 aromatic rings. The molecule has 9 nitrogen and oxygen atoms in total. The van der Waals surface area contributed by atoms with Gasteiger partial charge in [-0.2, -0.15) is 0 Å². The van der Waals surface area contributed by atoms with E-state index < -0.39 is 11.8 Å². The third-order valence-corrected chi connectivity index (χ3v) is 5.25. The van der Waals surface area contributed by atoms with Gasteiger partial charge in [0.15, 0.2) is 0 Å². The van der Waals surface area contributed by atoms with Crippen molar-refractivity contribution >= 4 is 17.7 Å². The van der Waals surface area contributed by atoms with Crippen molar-refractivity contribution in [1.29, 1.82) is 5.41 Å². The Morgan fingerprint density at radius 3 is 2.56 bits per heavy atom. The number of esters is 1. The summed E-state index contributed by atoms with van der Waals surface area (Å²) in [6.07, 6.45) is 4.35. The zero-order chi connectivity index (χ0) is 23.1. The Hall–Kier alpha value is -3.56. The number of amidine groups is 1. The van der Waals surface area contributed by atoms with Gasteiger partial charge in [0.25, 0.3) is 0 Å². The Morgan fingerprint density at radius 1 is 1.25 bits per heavy atom. The van der Waals surface area contributed by atoms with Gasteiger partial charge >= 0.3 is 12.0 Å². The van der Waals surface area contributed by atoms with E-state index in [1.54, 1.807) is 19.1 Å². The summed E-state index contributed by atoms with van der Waals surface area (Å²) in [5.41, 5.74) is 6.08. The molecule has 1 aliphatic heterocycles. The van der Waals surface area contributed by atoms with Crippen LogP contribution in [0, 0.1) is 17.1 Å². The fourth-order valence-electron chi connectivity index (χ4n) is 3.42. The normalized spacial score (nSPS) is 14.1. The maximum absolute atomic E-state index is 14.9. The van der Waals surface area contributed by atoms with Crippen LogP contribution in [0.1, 0.15) is 31.7 Å². The number of aromatic nitrogens is 2. The molecule has 32 heavy (non-hydrogen) atoms. The van der Waals surface area contributed by atoms with Gasteiger partial charge < -0.3 is 20.1 Å². The minimum absolute atomic E-state index is 0.0915. The molecule has 1 aromatic carbocycles. The highest BCUT2D eigenvalue weighted by atomic mass is 19.1. The first kappa shape index (κ1) is 23.1. The first-order valence-corrected chi connectivity index (χ1v) is 10.3. The minimum Gasteiger partial charge on any atom is -0.463 e. The van der Waals surface area contributed by atoms with Crippen LogP contribution < -0.4 is 10.5 Å². The summed E-state index contributed by atoms with van der Waals surface area (Å²) in [6.45, 7) is 3.22. The number of nitrogens with one attached hydrogen (secondary N) is 1. The molecule has 170 valence electrons. The van der Waals surface area contributed by atoms with Gasteiger partial charge in [-0.05, 0) is 18.8 Å². The first-order valence-electron chi connectivity index (χ1n) is 10.3. The molecule has 1 amide bonds. The Bertz CT molecular complexity index is 975. The van der Waals surface area contributed by atoms with Crippen LogP contribution in [0.2, 0.25) is 0 Å². The number of halogens is 1. The summed E-state index contributed by atoms with van der Waals surface area (Å²) >= 11 is 0. The van der Waals surface area contributed by atoms with Crippen molar-refractivity contribution in [2.45, 2.75) is 32.8 Å². The topological polar surface area (TPSA) is 131 Å². The van der Waals surface area contributed by atoms with E-state index in [1.165, 1.54) is 18.5 Å². The molecule has 0 spiro atoms. The highest BCUT2D eigenvalue weighted by Gasteiger charge is 2.21. The van der Waals surface area contributed by atoms with Gasteiger partial charge in [0.2, 0.25) is 5.91 Å². The van der Waals surface area contributed by atoms with Crippen LogP contribution in [0.5, 0.6) is 6.01 Å². The van der Waals surface area contributed by atoms with Gasteiger partial charge in [-0.1, -0.05) is 18.2 Å². The molecule has 10 heteroatoms. The van der Waals surface area contributed by atoms with Gasteiger partial charge in [0.05, 0.1) is 6.61 Å². The fraction of sp³-hybridized carbons (Fsp3) is 0.409. The van der Waals surface area contributed by atoms with Crippen molar-refractivity contribution in [3.63, 3.8) is 0 Å². The molecule has 1 aliphatic rings. The van der Waals surface area contributed by atoms with Crippen LogP contribution >= 0.6 is 0 Å². The second kappa shape index (κ2) is 10.7. The molecular weight excluding hydrogens is 417 g/mol. The van der Waals surface area contributed by atoms with Crippen LogP contribution in [0.15, 0.2) is 30.6 Å². The average Bonchev–Trinajstić information content (AvgIpc) is 2.77. The Labute approximate surface area is 185 Å². The molecule has 1 fully saturated rings. The van der Waals surface area contributed by atoms with Crippen LogP contribution in [-0.2, 0) is 20.9 Å². The van der Waals surface area contributed by atoms with E-state index in [0.717, 1.165) is 25.9 Å². The molecule has 0 atom stereocenters. The average molecular weight is 443 g/mol. The number of nitrogens with two attached hydrogens (primary N) is 1.